The molecule has 0 bridgehead atoms. The highest BCUT2D eigenvalue weighted by atomic mass is 32.1. The van der Waals surface area contributed by atoms with E-state index in [2.05, 4.69) is 10.3 Å². The highest BCUT2D eigenvalue weighted by Gasteiger charge is 2.17. The molecule has 0 aliphatic carbocycles. The van der Waals surface area contributed by atoms with Gasteiger partial charge in [0, 0.05) is 55.0 Å². The van der Waals surface area contributed by atoms with Crippen LogP contribution in [0.2, 0.25) is 0 Å². The topological polar surface area (TPSA) is 75.9 Å². The summed E-state index contributed by atoms with van der Waals surface area (Å²) in [4.78, 5) is 31.5. The summed E-state index contributed by atoms with van der Waals surface area (Å²) in [5.41, 5.74) is 2.60. The Morgan fingerprint density at radius 1 is 1.15 bits per heavy atom. The van der Waals surface area contributed by atoms with Crippen molar-refractivity contribution in [2.75, 3.05) is 31.6 Å². The van der Waals surface area contributed by atoms with Gasteiger partial charge in [-0.2, -0.15) is 0 Å². The zero-order valence-corrected chi connectivity index (χ0v) is 15.6. The van der Waals surface area contributed by atoms with E-state index in [0.29, 0.717) is 32.0 Å². The summed E-state index contributed by atoms with van der Waals surface area (Å²) in [5.74, 6) is -0.157. The Balaban J connectivity index is 1.30. The lowest BCUT2D eigenvalue weighted by molar-refractivity contribution is -0.136. The normalized spacial score (nSPS) is 14.4. The van der Waals surface area contributed by atoms with Crippen molar-refractivity contribution in [3.05, 3.63) is 42.0 Å². The summed E-state index contributed by atoms with van der Waals surface area (Å²) in [6.45, 7) is 2.35. The van der Waals surface area contributed by atoms with E-state index in [0.717, 1.165) is 16.2 Å². The molecule has 0 atom stereocenters. The van der Waals surface area contributed by atoms with Crippen LogP contribution in [0, 0.1) is 0 Å². The van der Waals surface area contributed by atoms with E-state index in [4.69, 9.17) is 4.74 Å². The van der Waals surface area contributed by atoms with Crippen molar-refractivity contribution in [1.29, 1.82) is 0 Å². The number of morpholine rings is 1. The molecule has 1 fully saturated rings. The average molecular weight is 384 g/mol. The predicted octanol–water partition coefficient (Wildman–Crippen LogP) is 2.64. The molecule has 3 heterocycles. The van der Waals surface area contributed by atoms with Gasteiger partial charge in [-0.15, -0.1) is 11.3 Å². The molecule has 8 heteroatoms. The van der Waals surface area contributed by atoms with Crippen LogP contribution in [0.3, 0.4) is 0 Å². The second-order valence-electron chi connectivity index (χ2n) is 6.34. The van der Waals surface area contributed by atoms with Crippen LogP contribution in [0.4, 0.5) is 5.69 Å². The van der Waals surface area contributed by atoms with Gasteiger partial charge in [-0.1, -0.05) is 12.1 Å². The monoisotopic (exact) mass is 384 g/mol. The molecule has 4 rings (SSSR count). The lowest BCUT2D eigenvalue weighted by Crippen LogP contribution is -2.40. The van der Waals surface area contributed by atoms with Crippen LogP contribution in [-0.2, 0) is 14.3 Å². The largest absolute Gasteiger partial charge is 0.378 e. The molecule has 1 aliphatic rings. The third kappa shape index (κ3) is 4.17. The molecule has 1 aromatic carbocycles. The minimum Gasteiger partial charge on any atom is -0.378 e. The van der Waals surface area contributed by atoms with E-state index in [-0.39, 0.29) is 24.7 Å². The van der Waals surface area contributed by atoms with E-state index < -0.39 is 0 Å². The first-order chi connectivity index (χ1) is 13.2. The van der Waals surface area contributed by atoms with Gasteiger partial charge in [-0.05, 0) is 12.1 Å². The number of anilines is 1. The SMILES string of the molecule is O=C(CCC(=O)N1CCOCC1)Nc1ccc(-c2cn3ccsc3n2)cc1. The molecule has 27 heavy (non-hydrogen) atoms. The molecule has 140 valence electrons. The fourth-order valence-electron chi connectivity index (χ4n) is 3.01. The molecule has 0 spiro atoms. The Morgan fingerprint density at radius 3 is 2.67 bits per heavy atom. The van der Waals surface area contributed by atoms with Crippen LogP contribution < -0.4 is 5.32 Å². The lowest BCUT2D eigenvalue weighted by atomic mass is 10.1. The van der Waals surface area contributed by atoms with Gasteiger partial charge >= 0.3 is 0 Å². The highest BCUT2D eigenvalue weighted by molar-refractivity contribution is 7.15. The number of aromatic nitrogens is 2. The van der Waals surface area contributed by atoms with E-state index in [1.807, 2.05) is 46.4 Å². The molecule has 0 radical (unpaired) electrons. The number of benzene rings is 1. The number of hydrogen-bond donors (Lipinski definition) is 1. The second kappa shape index (κ2) is 7.89. The van der Waals surface area contributed by atoms with Crippen molar-refractivity contribution in [1.82, 2.24) is 14.3 Å². The molecule has 1 N–H and O–H groups in total. The van der Waals surface area contributed by atoms with E-state index in [9.17, 15) is 9.59 Å². The maximum Gasteiger partial charge on any atom is 0.224 e. The number of ether oxygens (including phenoxy) is 1. The first kappa shape index (κ1) is 17.7. The van der Waals surface area contributed by atoms with Crippen molar-refractivity contribution in [2.24, 2.45) is 0 Å². The van der Waals surface area contributed by atoms with Gasteiger partial charge in [0.1, 0.15) is 0 Å². The van der Waals surface area contributed by atoms with Crippen LogP contribution in [0.1, 0.15) is 12.8 Å². The molecular formula is C19H20N4O3S. The van der Waals surface area contributed by atoms with Gasteiger partial charge in [0.25, 0.3) is 0 Å². The maximum absolute atomic E-state index is 12.1. The second-order valence-corrected chi connectivity index (χ2v) is 7.21. The molecule has 2 amide bonds. The number of amides is 2. The fourth-order valence-corrected chi connectivity index (χ4v) is 3.71. The number of carbonyl (C=O) groups is 2. The average Bonchev–Trinajstić information content (AvgIpc) is 3.30. The predicted molar refractivity (Wildman–Crippen MR) is 104 cm³/mol. The van der Waals surface area contributed by atoms with E-state index in [1.54, 1.807) is 16.2 Å². The van der Waals surface area contributed by atoms with Gasteiger partial charge in [0.2, 0.25) is 11.8 Å². The van der Waals surface area contributed by atoms with Crippen LogP contribution in [0.5, 0.6) is 0 Å². The Hall–Kier alpha value is -2.71. The number of carbonyl (C=O) groups excluding carboxylic acids is 2. The van der Waals surface area contributed by atoms with Crippen LogP contribution in [-0.4, -0.2) is 52.4 Å². The number of hydrogen-bond acceptors (Lipinski definition) is 5. The molecule has 0 unspecified atom stereocenters. The number of rotatable bonds is 5. The molecule has 2 aromatic heterocycles. The van der Waals surface area contributed by atoms with Crippen LogP contribution >= 0.6 is 11.3 Å². The zero-order valence-electron chi connectivity index (χ0n) is 14.8. The van der Waals surface area contributed by atoms with Gasteiger partial charge < -0.3 is 15.0 Å². The minimum atomic E-state index is -0.160. The van der Waals surface area contributed by atoms with E-state index in [1.165, 1.54) is 0 Å². The maximum atomic E-state index is 12.1. The Bertz CT molecular complexity index is 913. The van der Waals surface area contributed by atoms with Gasteiger partial charge in [0.05, 0.1) is 18.9 Å². The molecule has 1 saturated heterocycles. The summed E-state index contributed by atoms with van der Waals surface area (Å²) in [5, 5.41) is 4.84. The summed E-state index contributed by atoms with van der Waals surface area (Å²) in [7, 11) is 0. The highest BCUT2D eigenvalue weighted by Crippen LogP contribution is 2.23. The van der Waals surface area contributed by atoms with Crippen LogP contribution in [0.25, 0.3) is 16.2 Å². The molecule has 7 nitrogen and oxygen atoms in total. The molecule has 3 aromatic rings. The third-order valence-corrected chi connectivity index (χ3v) is 5.26. The molecular weight excluding hydrogens is 364 g/mol. The zero-order chi connectivity index (χ0) is 18.6. The molecule has 1 aliphatic heterocycles. The first-order valence-corrected chi connectivity index (χ1v) is 9.75. The standard InChI is InChI=1S/C19H20N4O3S/c24-17(5-6-18(25)22-7-10-26-11-8-22)20-15-3-1-14(2-4-15)16-13-23-9-12-27-19(23)21-16/h1-4,9,12-13H,5-8,10-11H2,(H,20,24). The van der Waals surface area contributed by atoms with Gasteiger partial charge in [-0.25, -0.2) is 4.98 Å². The molecule has 0 saturated carbocycles. The van der Waals surface area contributed by atoms with Crippen molar-refractivity contribution in [2.45, 2.75) is 12.8 Å². The third-order valence-electron chi connectivity index (χ3n) is 4.49. The van der Waals surface area contributed by atoms with Crippen LogP contribution in [0.15, 0.2) is 42.0 Å². The quantitative estimate of drug-likeness (QED) is 0.734. The van der Waals surface area contributed by atoms with Gasteiger partial charge in [0.15, 0.2) is 4.96 Å². The van der Waals surface area contributed by atoms with Crippen molar-refractivity contribution < 1.29 is 14.3 Å². The Morgan fingerprint density at radius 2 is 1.93 bits per heavy atom. The Labute approximate surface area is 160 Å². The number of thiazole rings is 1. The number of nitrogens with zero attached hydrogens (tertiary/aromatic N) is 3. The number of fused-ring (bicyclic) bond motifs is 1. The lowest BCUT2D eigenvalue weighted by Gasteiger charge is -2.26. The summed E-state index contributed by atoms with van der Waals surface area (Å²) >= 11 is 1.59. The van der Waals surface area contributed by atoms with Gasteiger partial charge in [-0.3, -0.25) is 14.0 Å². The van der Waals surface area contributed by atoms with Crippen molar-refractivity contribution >= 4 is 33.8 Å². The number of imidazole rings is 1. The summed E-state index contributed by atoms with van der Waals surface area (Å²) < 4.78 is 7.22. The van der Waals surface area contributed by atoms with Crippen molar-refractivity contribution in [3.63, 3.8) is 0 Å². The summed E-state index contributed by atoms with van der Waals surface area (Å²) in [6, 6.07) is 7.57. The number of nitrogens with one attached hydrogen (secondary N) is 1. The summed E-state index contributed by atoms with van der Waals surface area (Å²) in [6.07, 6.45) is 4.35. The Kier molecular flexibility index (Phi) is 5.17. The first-order valence-electron chi connectivity index (χ1n) is 8.87. The minimum absolute atomic E-state index is 0.00329. The fraction of sp³-hybridized carbons (Fsp3) is 0.316. The smallest absolute Gasteiger partial charge is 0.224 e. The van der Waals surface area contributed by atoms with E-state index >= 15 is 0 Å². The van der Waals surface area contributed by atoms with Crippen molar-refractivity contribution in [3.8, 4) is 11.3 Å².